The van der Waals surface area contributed by atoms with Gasteiger partial charge in [-0.2, -0.15) is 8.42 Å². The number of nitrogens with zero attached hydrogens (tertiary/aromatic N) is 1. The van der Waals surface area contributed by atoms with Gasteiger partial charge in [0.2, 0.25) is 0 Å². The smallest absolute Gasteiger partial charge is 0.264 e. The second kappa shape index (κ2) is 16.8. The number of hydrogen-bond donors (Lipinski definition) is 1. The average Bonchev–Trinajstić information content (AvgIpc) is 2.58. The maximum atomic E-state index is 10.7. The fourth-order valence-corrected chi connectivity index (χ4v) is 4.24. The molecule has 1 N–H and O–H groups in total. The topological polar surface area (TPSA) is 54.4 Å². The van der Waals surface area contributed by atoms with E-state index >= 15 is 0 Å². The lowest BCUT2D eigenvalue weighted by atomic mass is 10.0. The van der Waals surface area contributed by atoms with Crippen LogP contribution in [0.3, 0.4) is 0 Å². The molecule has 0 aliphatic rings. The molecular weight excluding hydrogens is 358 g/mol. The molecule has 0 bridgehead atoms. The highest BCUT2D eigenvalue weighted by molar-refractivity contribution is 7.85. The Morgan fingerprint density at radius 3 is 1.30 bits per heavy atom. The Bertz CT molecular complexity index is 421. The quantitative estimate of drug-likeness (QED) is 0.148. The van der Waals surface area contributed by atoms with Crippen LogP contribution in [0.25, 0.3) is 0 Å². The molecule has 0 aromatic carbocycles. The lowest BCUT2D eigenvalue weighted by molar-refractivity contribution is -0.890. The molecule has 0 unspecified atom stereocenters. The molecule has 0 radical (unpaired) electrons. The van der Waals surface area contributed by atoms with E-state index in [9.17, 15) is 8.42 Å². The van der Waals surface area contributed by atoms with E-state index in [1.165, 1.54) is 89.9 Å². The molecule has 0 heterocycles. The van der Waals surface area contributed by atoms with E-state index in [0.29, 0.717) is 6.42 Å². The van der Waals surface area contributed by atoms with Crippen molar-refractivity contribution in [3.63, 3.8) is 0 Å². The summed E-state index contributed by atoms with van der Waals surface area (Å²) in [6.07, 6.45) is 20.8. The van der Waals surface area contributed by atoms with Crippen LogP contribution in [0.2, 0.25) is 0 Å². The van der Waals surface area contributed by atoms with Crippen molar-refractivity contribution in [1.29, 1.82) is 0 Å². The molecule has 5 heteroatoms. The van der Waals surface area contributed by atoms with Gasteiger partial charge in [0.15, 0.2) is 0 Å². The summed E-state index contributed by atoms with van der Waals surface area (Å²) in [6.45, 7) is 4.41. The van der Waals surface area contributed by atoms with Crippen molar-refractivity contribution in [2.75, 3.05) is 32.9 Å². The van der Waals surface area contributed by atoms with Crippen molar-refractivity contribution in [2.45, 2.75) is 110 Å². The lowest BCUT2D eigenvalue weighted by Crippen LogP contribution is -2.41. The highest BCUT2D eigenvalue weighted by Crippen LogP contribution is 2.13. The van der Waals surface area contributed by atoms with E-state index in [-0.39, 0.29) is 5.75 Å². The predicted octanol–water partition coefficient (Wildman–Crippen LogP) is 6.21. The van der Waals surface area contributed by atoms with Crippen LogP contribution in [-0.4, -0.2) is 50.4 Å². The molecule has 4 nitrogen and oxygen atoms in total. The van der Waals surface area contributed by atoms with E-state index in [1.54, 1.807) is 0 Å². The number of rotatable bonds is 20. The van der Waals surface area contributed by atoms with Gasteiger partial charge in [-0.3, -0.25) is 4.55 Å². The molecule has 0 spiro atoms. The molecule has 0 aliphatic carbocycles. The highest BCUT2D eigenvalue weighted by atomic mass is 32.2. The molecule has 0 fully saturated rings. The van der Waals surface area contributed by atoms with Gasteiger partial charge in [0.1, 0.15) is 0 Å². The summed E-state index contributed by atoms with van der Waals surface area (Å²) in [7, 11) is 0.645. The van der Waals surface area contributed by atoms with Crippen molar-refractivity contribution in [3.05, 3.63) is 0 Å². The number of quaternary nitrogens is 1. The van der Waals surface area contributed by atoms with E-state index < -0.39 is 10.1 Å². The normalized spacial score (nSPS) is 12.6. The third kappa shape index (κ3) is 22.0. The Morgan fingerprint density at radius 1 is 0.593 bits per heavy atom. The van der Waals surface area contributed by atoms with Gasteiger partial charge in [-0.15, -0.1) is 0 Å². The fourth-order valence-electron chi connectivity index (χ4n) is 3.67. The minimum Gasteiger partial charge on any atom is -0.328 e. The molecule has 0 amide bonds. The summed E-state index contributed by atoms with van der Waals surface area (Å²) in [5.74, 6) is -0.105. The largest absolute Gasteiger partial charge is 0.328 e. The van der Waals surface area contributed by atoms with Crippen LogP contribution in [-0.2, 0) is 10.1 Å². The van der Waals surface area contributed by atoms with Gasteiger partial charge in [0.05, 0.1) is 32.9 Å². The van der Waals surface area contributed by atoms with Crippen LogP contribution < -0.4 is 0 Å². The Kier molecular flexibility index (Phi) is 16.7. The first kappa shape index (κ1) is 26.9. The zero-order valence-electron chi connectivity index (χ0n) is 18.6. The van der Waals surface area contributed by atoms with Crippen molar-refractivity contribution in [2.24, 2.45) is 0 Å². The van der Waals surface area contributed by atoms with Crippen LogP contribution >= 0.6 is 0 Å². The molecular formula is C22H48NO3S+. The molecule has 0 rings (SSSR count). The molecule has 0 saturated heterocycles. The fraction of sp³-hybridized carbons (Fsp3) is 1.00. The Labute approximate surface area is 170 Å². The van der Waals surface area contributed by atoms with Crippen molar-refractivity contribution >= 4 is 10.1 Å². The first-order chi connectivity index (χ1) is 12.8. The van der Waals surface area contributed by atoms with Crippen molar-refractivity contribution in [1.82, 2.24) is 0 Å². The first-order valence-electron chi connectivity index (χ1n) is 11.5. The van der Waals surface area contributed by atoms with Crippen LogP contribution in [0.1, 0.15) is 110 Å². The van der Waals surface area contributed by atoms with Gasteiger partial charge in [-0.1, -0.05) is 84.0 Å². The highest BCUT2D eigenvalue weighted by Gasteiger charge is 2.14. The second-order valence-corrected chi connectivity index (χ2v) is 10.5. The Morgan fingerprint density at radius 2 is 0.926 bits per heavy atom. The molecule has 0 aromatic heterocycles. The molecule has 0 atom stereocenters. The van der Waals surface area contributed by atoms with Gasteiger partial charge in [0, 0.05) is 0 Å². The average molecular weight is 407 g/mol. The lowest BCUT2D eigenvalue weighted by Gasteiger charge is -2.29. The van der Waals surface area contributed by atoms with Crippen molar-refractivity contribution in [3.8, 4) is 0 Å². The molecule has 27 heavy (non-hydrogen) atoms. The number of unbranched alkanes of at least 4 members (excludes halogenated alkanes) is 14. The maximum absolute atomic E-state index is 10.7. The van der Waals surface area contributed by atoms with E-state index in [0.717, 1.165) is 24.0 Å². The zero-order valence-corrected chi connectivity index (χ0v) is 19.4. The minimum atomic E-state index is -3.79. The minimum absolute atomic E-state index is 0.105. The third-order valence-corrected chi connectivity index (χ3v) is 6.34. The summed E-state index contributed by atoms with van der Waals surface area (Å²) in [4.78, 5) is 0. The van der Waals surface area contributed by atoms with Crippen molar-refractivity contribution < 1.29 is 17.5 Å². The van der Waals surface area contributed by atoms with E-state index in [2.05, 4.69) is 21.0 Å². The zero-order chi connectivity index (χ0) is 20.4. The van der Waals surface area contributed by atoms with Crippen LogP contribution in [0.15, 0.2) is 0 Å². The van der Waals surface area contributed by atoms with Gasteiger partial charge >= 0.3 is 0 Å². The molecule has 164 valence electrons. The monoisotopic (exact) mass is 406 g/mol. The molecule has 0 aromatic rings. The predicted molar refractivity (Wildman–Crippen MR) is 118 cm³/mol. The van der Waals surface area contributed by atoms with E-state index in [1.807, 2.05) is 0 Å². The van der Waals surface area contributed by atoms with Gasteiger partial charge in [-0.25, -0.2) is 0 Å². The SMILES string of the molecule is CCCCCCCCCCCCCCCC[N+](C)(C)CCCCS(=O)(=O)O. The Balaban J connectivity index is 3.35. The summed E-state index contributed by atoms with van der Waals surface area (Å²) in [6, 6.07) is 0. The summed E-state index contributed by atoms with van der Waals surface area (Å²) >= 11 is 0. The standard InChI is InChI=1S/C22H47NO3S/c1-4-5-6-7-8-9-10-11-12-13-14-15-16-17-20-23(2,3)21-18-19-22-27(24,25)26/h4-22H2,1-3H3/p+1. The Hall–Kier alpha value is -0.130. The second-order valence-electron chi connectivity index (χ2n) is 8.97. The molecule has 0 saturated carbocycles. The van der Waals surface area contributed by atoms with Crippen LogP contribution in [0.5, 0.6) is 0 Å². The maximum Gasteiger partial charge on any atom is 0.264 e. The van der Waals surface area contributed by atoms with Crippen LogP contribution in [0.4, 0.5) is 0 Å². The van der Waals surface area contributed by atoms with Gasteiger partial charge in [0.25, 0.3) is 10.1 Å². The van der Waals surface area contributed by atoms with Crippen LogP contribution in [0, 0.1) is 0 Å². The van der Waals surface area contributed by atoms with Gasteiger partial charge in [-0.05, 0) is 25.7 Å². The third-order valence-electron chi connectivity index (χ3n) is 5.53. The summed E-state index contributed by atoms with van der Waals surface area (Å²) in [5, 5.41) is 0. The number of hydrogen-bond acceptors (Lipinski definition) is 2. The van der Waals surface area contributed by atoms with Gasteiger partial charge < -0.3 is 4.48 Å². The molecule has 0 aliphatic heterocycles. The first-order valence-corrected chi connectivity index (χ1v) is 13.1. The summed E-state index contributed by atoms with van der Waals surface area (Å²) in [5.41, 5.74) is 0. The van der Waals surface area contributed by atoms with E-state index in [4.69, 9.17) is 4.55 Å². The summed E-state index contributed by atoms with van der Waals surface area (Å²) < 4.78 is 31.2.